The minimum absolute atomic E-state index is 0.0124. The van der Waals surface area contributed by atoms with Gasteiger partial charge < -0.3 is 14.5 Å². The predicted octanol–water partition coefficient (Wildman–Crippen LogP) is 2.59. The van der Waals surface area contributed by atoms with Gasteiger partial charge in [0.25, 0.3) is 5.91 Å². The zero-order valence-corrected chi connectivity index (χ0v) is 17.0. The summed E-state index contributed by atoms with van der Waals surface area (Å²) in [6.07, 6.45) is 1.90. The number of piperazine rings is 1. The first-order valence-electron chi connectivity index (χ1n) is 9.27. The van der Waals surface area contributed by atoms with E-state index in [0.29, 0.717) is 16.3 Å². The standard InChI is InChI=1S/C19H27BrFN3O2/c1-14(26-18-6-5-15(21)12-17(18)20)19(25)24-10-8-23(9-11-24)16-4-3-7-22(2)13-16/h5-6,12,14,16H,3-4,7-11,13H2,1-2H3. The number of likely N-dealkylation sites (tertiary alicyclic amines) is 1. The molecule has 0 radical (unpaired) electrons. The summed E-state index contributed by atoms with van der Waals surface area (Å²) in [5.74, 6) is 0.130. The fourth-order valence-corrected chi connectivity index (χ4v) is 4.26. The maximum absolute atomic E-state index is 13.2. The lowest BCUT2D eigenvalue weighted by Crippen LogP contribution is -2.56. The van der Waals surface area contributed by atoms with Gasteiger partial charge in [-0.2, -0.15) is 0 Å². The molecule has 5 nitrogen and oxygen atoms in total. The number of benzene rings is 1. The molecule has 26 heavy (non-hydrogen) atoms. The van der Waals surface area contributed by atoms with Crippen molar-refractivity contribution in [3.8, 4) is 5.75 Å². The average molecular weight is 428 g/mol. The fraction of sp³-hybridized carbons (Fsp3) is 0.632. The number of rotatable bonds is 4. The van der Waals surface area contributed by atoms with Crippen LogP contribution in [0.15, 0.2) is 22.7 Å². The normalized spacial score (nSPS) is 23.7. The molecule has 0 spiro atoms. The number of hydrogen-bond acceptors (Lipinski definition) is 4. The van der Waals surface area contributed by atoms with Gasteiger partial charge in [-0.1, -0.05) is 0 Å². The number of likely N-dealkylation sites (N-methyl/N-ethyl adjacent to an activating group) is 1. The van der Waals surface area contributed by atoms with E-state index in [4.69, 9.17) is 4.74 Å². The number of carbonyl (C=O) groups excluding carboxylic acids is 1. The molecule has 0 N–H and O–H groups in total. The van der Waals surface area contributed by atoms with E-state index < -0.39 is 6.10 Å². The van der Waals surface area contributed by atoms with Crippen molar-refractivity contribution >= 4 is 21.8 Å². The van der Waals surface area contributed by atoms with Crippen molar-refractivity contribution in [2.45, 2.75) is 31.9 Å². The van der Waals surface area contributed by atoms with Crippen LogP contribution in [0.3, 0.4) is 0 Å². The molecule has 1 amide bonds. The van der Waals surface area contributed by atoms with Crippen LogP contribution in [0.1, 0.15) is 19.8 Å². The second-order valence-electron chi connectivity index (χ2n) is 7.25. The van der Waals surface area contributed by atoms with Gasteiger partial charge in [-0.15, -0.1) is 0 Å². The smallest absolute Gasteiger partial charge is 0.263 e. The SMILES string of the molecule is CC(Oc1ccc(F)cc1Br)C(=O)N1CCN(C2CCCN(C)C2)CC1. The maximum atomic E-state index is 13.2. The fourth-order valence-electron chi connectivity index (χ4n) is 3.81. The Hall–Kier alpha value is -1.18. The van der Waals surface area contributed by atoms with Gasteiger partial charge in [-0.3, -0.25) is 9.69 Å². The highest BCUT2D eigenvalue weighted by atomic mass is 79.9. The molecular weight excluding hydrogens is 401 g/mol. The Morgan fingerprint density at radius 2 is 2.00 bits per heavy atom. The van der Waals surface area contributed by atoms with Crippen molar-refractivity contribution in [2.24, 2.45) is 0 Å². The van der Waals surface area contributed by atoms with Gasteiger partial charge in [0.05, 0.1) is 4.47 Å². The Morgan fingerprint density at radius 1 is 1.27 bits per heavy atom. The number of nitrogens with zero attached hydrogens (tertiary/aromatic N) is 3. The van der Waals surface area contributed by atoms with Crippen LogP contribution in [-0.2, 0) is 4.79 Å². The Morgan fingerprint density at radius 3 is 2.65 bits per heavy atom. The van der Waals surface area contributed by atoms with Crippen molar-refractivity contribution in [3.63, 3.8) is 0 Å². The van der Waals surface area contributed by atoms with Gasteiger partial charge >= 0.3 is 0 Å². The summed E-state index contributed by atoms with van der Waals surface area (Å²) in [6.45, 7) is 7.35. The van der Waals surface area contributed by atoms with E-state index in [1.807, 2.05) is 4.90 Å². The Bertz CT molecular complexity index is 637. The molecule has 2 unspecified atom stereocenters. The maximum Gasteiger partial charge on any atom is 0.263 e. The van der Waals surface area contributed by atoms with Crippen LogP contribution < -0.4 is 4.74 Å². The molecule has 1 aromatic carbocycles. The van der Waals surface area contributed by atoms with E-state index in [2.05, 4.69) is 32.8 Å². The molecule has 2 saturated heterocycles. The van der Waals surface area contributed by atoms with Gasteiger partial charge in [-0.05, 0) is 67.5 Å². The number of amides is 1. The van der Waals surface area contributed by atoms with Crippen molar-refractivity contribution in [1.82, 2.24) is 14.7 Å². The molecule has 2 atom stereocenters. The molecule has 0 saturated carbocycles. The van der Waals surface area contributed by atoms with Crippen molar-refractivity contribution < 1.29 is 13.9 Å². The van der Waals surface area contributed by atoms with Gasteiger partial charge in [0.1, 0.15) is 11.6 Å². The summed E-state index contributed by atoms with van der Waals surface area (Å²) in [6, 6.07) is 4.82. The number of carbonyl (C=O) groups is 1. The third kappa shape index (κ3) is 4.75. The van der Waals surface area contributed by atoms with Crippen LogP contribution in [0.5, 0.6) is 5.75 Å². The Balaban J connectivity index is 1.51. The number of piperidine rings is 1. The highest BCUT2D eigenvalue weighted by molar-refractivity contribution is 9.10. The first kappa shape index (κ1) is 19.6. The molecule has 3 rings (SSSR count). The van der Waals surface area contributed by atoms with Crippen molar-refractivity contribution in [3.05, 3.63) is 28.5 Å². The minimum atomic E-state index is -0.593. The molecule has 2 aliphatic heterocycles. The second kappa shape index (κ2) is 8.67. The van der Waals surface area contributed by atoms with Crippen LogP contribution in [-0.4, -0.2) is 79.1 Å². The van der Waals surface area contributed by atoms with E-state index in [1.54, 1.807) is 13.0 Å². The molecule has 1 aromatic rings. The third-order valence-electron chi connectivity index (χ3n) is 5.29. The summed E-state index contributed by atoms with van der Waals surface area (Å²) in [7, 11) is 2.18. The van der Waals surface area contributed by atoms with E-state index in [-0.39, 0.29) is 11.7 Å². The minimum Gasteiger partial charge on any atom is -0.480 e. The first-order valence-corrected chi connectivity index (χ1v) is 10.1. The van der Waals surface area contributed by atoms with Gasteiger partial charge in [0, 0.05) is 38.8 Å². The molecule has 0 aromatic heterocycles. The quantitative estimate of drug-likeness (QED) is 0.739. The highest BCUT2D eigenvalue weighted by Crippen LogP contribution is 2.27. The Kier molecular flexibility index (Phi) is 6.53. The molecular formula is C19H27BrFN3O2. The molecule has 144 valence electrons. The first-order chi connectivity index (χ1) is 12.4. The molecule has 2 aliphatic rings. The van der Waals surface area contributed by atoms with E-state index in [9.17, 15) is 9.18 Å². The van der Waals surface area contributed by atoms with Crippen LogP contribution in [0.2, 0.25) is 0 Å². The topological polar surface area (TPSA) is 36.0 Å². The predicted molar refractivity (Wildman–Crippen MR) is 103 cm³/mol. The van der Waals surface area contributed by atoms with Crippen LogP contribution in [0.25, 0.3) is 0 Å². The average Bonchev–Trinajstić information content (AvgIpc) is 2.63. The van der Waals surface area contributed by atoms with Gasteiger partial charge in [-0.25, -0.2) is 4.39 Å². The zero-order chi connectivity index (χ0) is 18.7. The lowest BCUT2D eigenvalue weighted by Gasteiger charge is -2.43. The molecule has 0 bridgehead atoms. The molecule has 2 fully saturated rings. The lowest BCUT2D eigenvalue weighted by atomic mass is 10.0. The number of hydrogen-bond donors (Lipinski definition) is 0. The highest BCUT2D eigenvalue weighted by Gasteiger charge is 2.30. The summed E-state index contributed by atoms with van der Waals surface area (Å²) >= 11 is 3.28. The lowest BCUT2D eigenvalue weighted by molar-refractivity contribution is -0.140. The summed E-state index contributed by atoms with van der Waals surface area (Å²) in [5, 5.41) is 0. The second-order valence-corrected chi connectivity index (χ2v) is 8.11. The Labute approximate surface area is 163 Å². The van der Waals surface area contributed by atoms with E-state index in [0.717, 1.165) is 32.7 Å². The van der Waals surface area contributed by atoms with Crippen molar-refractivity contribution in [2.75, 3.05) is 46.3 Å². The summed E-state index contributed by atoms with van der Waals surface area (Å²) in [4.78, 5) is 19.5. The largest absolute Gasteiger partial charge is 0.480 e. The number of ether oxygens (including phenoxy) is 1. The third-order valence-corrected chi connectivity index (χ3v) is 5.91. The van der Waals surface area contributed by atoms with Crippen LogP contribution in [0.4, 0.5) is 4.39 Å². The monoisotopic (exact) mass is 427 g/mol. The van der Waals surface area contributed by atoms with Crippen molar-refractivity contribution in [1.29, 1.82) is 0 Å². The number of halogens is 2. The zero-order valence-electron chi connectivity index (χ0n) is 15.5. The van der Waals surface area contributed by atoms with Crippen LogP contribution >= 0.6 is 15.9 Å². The van der Waals surface area contributed by atoms with Gasteiger partial charge in [0.15, 0.2) is 6.10 Å². The summed E-state index contributed by atoms with van der Waals surface area (Å²) in [5.41, 5.74) is 0. The van der Waals surface area contributed by atoms with Gasteiger partial charge in [0.2, 0.25) is 0 Å². The molecule has 7 heteroatoms. The molecule has 2 heterocycles. The summed E-state index contributed by atoms with van der Waals surface area (Å²) < 4.78 is 19.4. The van der Waals surface area contributed by atoms with E-state index >= 15 is 0 Å². The van der Waals surface area contributed by atoms with Crippen LogP contribution in [0, 0.1) is 5.82 Å². The molecule has 0 aliphatic carbocycles. The van der Waals surface area contributed by atoms with E-state index in [1.165, 1.54) is 31.5 Å².